The molecule has 2 aliphatic rings. The molecule has 1 unspecified atom stereocenters. The Morgan fingerprint density at radius 2 is 1.88 bits per heavy atom. The number of fused-ring (bicyclic) bond motifs is 1. The maximum Gasteiger partial charge on any atom is 0.295 e. The largest absolute Gasteiger partial charge is 0.507 e. The number of carbonyl (C=O) groups excluding carboxylic acids is 2. The molecule has 0 bridgehead atoms. The number of Topliss-reactive ketones (excluding diaryl/α,β-unsaturated/α-hetero) is 1. The molecule has 0 saturated carbocycles. The van der Waals surface area contributed by atoms with Gasteiger partial charge in [-0.25, -0.2) is 0 Å². The van der Waals surface area contributed by atoms with E-state index in [1.807, 2.05) is 32.0 Å². The van der Waals surface area contributed by atoms with Crippen LogP contribution >= 0.6 is 0 Å². The summed E-state index contributed by atoms with van der Waals surface area (Å²) in [5.41, 5.74) is 1.08. The second kappa shape index (κ2) is 10.2. The van der Waals surface area contributed by atoms with Gasteiger partial charge in [-0.15, -0.1) is 0 Å². The van der Waals surface area contributed by atoms with Gasteiger partial charge in [0, 0.05) is 25.8 Å². The van der Waals surface area contributed by atoms with E-state index in [9.17, 15) is 14.7 Å². The zero-order valence-electron chi connectivity index (χ0n) is 19.6. The van der Waals surface area contributed by atoms with E-state index in [4.69, 9.17) is 18.9 Å². The lowest BCUT2D eigenvalue weighted by Crippen LogP contribution is -2.31. The van der Waals surface area contributed by atoms with Crippen LogP contribution in [0, 0.1) is 0 Å². The molecule has 1 amide bonds. The van der Waals surface area contributed by atoms with E-state index in [0.717, 1.165) is 0 Å². The first-order valence-corrected chi connectivity index (χ1v) is 11.3. The molecule has 1 N–H and O–H groups in total. The average molecular weight is 468 g/mol. The predicted octanol–water partition coefficient (Wildman–Crippen LogP) is 3.70. The van der Waals surface area contributed by atoms with Crippen molar-refractivity contribution in [2.75, 3.05) is 33.5 Å². The number of amides is 1. The van der Waals surface area contributed by atoms with Crippen molar-refractivity contribution in [1.82, 2.24) is 4.90 Å². The first-order valence-electron chi connectivity index (χ1n) is 11.3. The van der Waals surface area contributed by atoms with Crippen molar-refractivity contribution in [3.05, 3.63) is 59.2 Å². The highest BCUT2D eigenvalue weighted by Gasteiger charge is 2.46. The SMILES string of the molecule is COCCCN1C(=O)C(=O)/C(=C(\O)c2ccc3c(c2)OCCO3)C1c1cccc(OC(C)C)c1. The Labute approximate surface area is 198 Å². The van der Waals surface area contributed by atoms with Crippen molar-refractivity contribution in [3.8, 4) is 17.2 Å². The van der Waals surface area contributed by atoms with Crippen LogP contribution in [0.5, 0.6) is 17.2 Å². The number of hydrogen-bond acceptors (Lipinski definition) is 7. The molecule has 2 aliphatic heterocycles. The Kier molecular flexibility index (Phi) is 7.07. The third-order valence-electron chi connectivity index (χ3n) is 5.65. The highest BCUT2D eigenvalue weighted by Crippen LogP contribution is 2.41. The van der Waals surface area contributed by atoms with Gasteiger partial charge in [0.15, 0.2) is 11.5 Å². The van der Waals surface area contributed by atoms with Crippen LogP contribution in [-0.2, 0) is 14.3 Å². The van der Waals surface area contributed by atoms with Crippen LogP contribution in [0.2, 0.25) is 0 Å². The van der Waals surface area contributed by atoms with Crippen LogP contribution in [0.3, 0.4) is 0 Å². The lowest BCUT2D eigenvalue weighted by molar-refractivity contribution is -0.140. The number of likely N-dealkylation sites (tertiary alicyclic amines) is 1. The van der Waals surface area contributed by atoms with Crippen LogP contribution in [0.1, 0.15) is 37.4 Å². The molecule has 34 heavy (non-hydrogen) atoms. The van der Waals surface area contributed by atoms with Gasteiger partial charge in [0.2, 0.25) is 0 Å². The van der Waals surface area contributed by atoms with Gasteiger partial charge >= 0.3 is 0 Å². The molecule has 1 atom stereocenters. The molecule has 0 radical (unpaired) electrons. The van der Waals surface area contributed by atoms with Crippen LogP contribution < -0.4 is 14.2 Å². The van der Waals surface area contributed by atoms with Gasteiger partial charge in [-0.1, -0.05) is 12.1 Å². The number of benzene rings is 2. The first-order chi connectivity index (χ1) is 16.4. The highest BCUT2D eigenvalue weighted by atomic mass is 16.6. The Morgan fingerprint density at radius 3 is 2.62 bits per heavy atom. The van der Waals surface area contributed by atoms with Gasteiger partial charge in [0.25, 0.3) is 11.7 Å². The summed E-state index contributed by atoms with van der Waals surface area (Å²) < 4.78 is 22.1. The molecule has 0 spiro atoms. The summed E-state index contributed by atoms with van der Waals surface area (Å²) in [6, 6.07) is 11.5. The van der Waals surface area contributed by atoms with Crippen LogP contribution in [-0.4, -0.2) is 61.3 Å². The van der Waals surface area contributed by atoms with Gasteiger partial charge in [-0.2, -0.15) is 0 Å². The summed E-state index contributed by atoms with van der Waals surface area (Å²) in [5, 5.41) is 11.3. The van der Waals surface area contributed by atoms with Gasteiger partial charge in [0.1, 0.15) is 24.7 Å². The second-order valence-corrected chi connectivity index (χ2v) is 8.44. The van der Waals surface area contributed by atoms with Crippen LogP contribution in [0.4, 0.5) is 0 Å². The van der Waals surface area contributed by atoms with Crippen molar-refractivity contribution in [3.63, 3.8) is 0 Å². The summed E-state index contributed by atoms with van der Waals surface area (Å²) in [6.07, 6.45) is 0.507. The third-order valence-corrected chi connectivity index (χ3v) is 5.65. The monoisotopic (exact) mass is 467 g/mol. The smallest absolute Gasteiger partial charge is 0.295 e. The Hall–Kier alpha value is -3.52. The molecular formula is C26H29NO7. The fourth-order valence-electron chi connectivity index (χ4n) is 4.21. The first kappa shape index (κ1) is 23.6. The quantitative estimate of drug-likeness (QED) is 0.274. The maximum atomic E-state index is 13.2. The zero-order valence-corrected chi connectivity index (χ0v) is 19.6. The van der Waals surface area contributed by atoms with E-state index < -0.39 is 17.7 Å². The normalized spacial score (nSPS) is 19.1. The zero-order chi connectivity index (χ0) is 24.2. The second-order valence-electron chi connectivity index (χ2n) is 8.44. The van der Waals surface area contributed by atoms with Crippen molar-refractivity contribution < 1.29 is 33.6 Å². The van der Waals surface area contributed by atoms with E-state index in [2.05, 4.69) is 0 Å². The Balaban J connectivity index is 1.80. The van der Waals surface area contributed by atoms with E-state index in [1.54, 1.807) is 31.4 Å². The Bertz CT molecular complexity index is 1110. The molecule has 1 fully saturated rings. The van der Waals surface area contributed by atoms with Gasteiger partial charge in [-0.05, 0) is 56.2 Å². The third kappa shape index (κ3) is 4.72. The van der Waals surface area contributed by atoms with Crippen molar-refractivity contribution in [2.45, 2.75) is 32.4 Å². The van der Waals surface area contributed by atoms with Gasteiger partial charge in [-0.3, -0.25) is 9.59 Å². The van der Waals surface area contributed by atoms with E-state index >= 15 is 0 Å². The summed E-state index contributed by atoms with van der Waals surface area (Å²) in [7, 11) is 1.58. The number of nitrogens with zero attached hydrogens (tertiary/aromatic N) is 1. The maximum absolute atomic E-state index is 13.2. The number of aliphatic hydroxyl groups is 1. The molecule has 0 aromatic heterocycles. The minimum Gasteiger partial charge on any atom is -0.507 e. The average Bonchev–Trinajstić information content (AvgIpc) is 3.08. The molecule has 0 aliphatic carbocycles. The predicted molar refractivity (Wildman–Crippen MR) is 125 cm³/mol. The minimum absolute atomic E-state index is 0.0285. The number of ketones is 1. The molecular weight excluding hydrogens is 438 g/mol. The molecule has 2 aromatic rings. The Morgan fingerprint density at radius 1 is 1.12 bits per heavy atom. The molecule has 180 valence electrons. The molecule has 4 rings (SSSR count). The summed E-state index contributed by atoms with van der Waals surface area (Å²) in [4.78, 5) is 27.7. The fourth-order valence-corrected chi connectivity index (χ4v) is 4.21. The number of ether oxygens (including phenoxy) is 4. The van der Waals surface area contributed by atoms with Crippen molar-refractivity contribution in [1.29, 1.82) is 0 Å². The summed E-state index contributed by atoms with van der Waals surface area (Å²) in [5.74, 6) is 0.0193. The molecule has 1 saturated heterocycles. The highest BCUT2D eigenvalue weighted by molar-refractivity contribution is 6.46. The van der Waals surface area contributed by atoms with Crippen LogP contribution in [0.15, 0.2) is 48.0 Å². The van der Waals surface area contributed by atoms with E-state index in [-0.39, 0.29) is 17.4 Å². The number of carbonyl (C=O) groups is 2. The molecule has 8 heteroatoms. The molecule has 2 heterocycles. The number of hydrogen-bond donors (Lipinski definition) is 1. The van der Waals surface area contributed by atoms with Gasteiger partial charge < -0.3 is 29.0 Å². The number of aliphatic hydroxyl groups excluding tert-OH is 1. The van der Waals surface area contributed by atoms with E-state index in [0.29, 0.717) is 61.2 Å². The topological polar surface area (TPSA) is 94.5 Å². The van der Waals surface area contributed by atoms with Crippen molar-refractivity contribution in [2.24, 2.45) is 0 Å². The minimum atomic E-state index is -0.763. The van der Waals surface area contributed by atoms with E-state index in [1.165, 1.54) is 4.90 Å². The lowest BCUT2D eigenvalue weighted by atomic mass is 9.95. The van der Waals surface area contributed by atoms with Crippen molar-refractivity contribution >= 4 is 17.4 Å². The summed E-state index contributed by atoms with van der Waals surface area (Å²) >= 11 is 0. The van der Waals surface area contributed by atoms with Gasteiger partial charge in [0.05, 0.1) is 17.7 Å². The molecule has 2 aromatic carbocycles. The summed E-state index contributed by atoms with van der Waals surface area (Å²) in [6.45, 7) is 5.42. The fraction of sp³-hybridized carbons (Fsp3) is 0.385. The standard InChI is InChI=1S/C26H29NO7/c1-16(2)34-19-7-4-6-17(14-19)23-22(25(29)26(30)27(23)10-5-11-31-3)24(28)18-8-9-20-21(15-18)33-13-12-32-20/h4,6-9,14-16,23,28H,5,10-13H2,1-3H3/b24-22-. The number of rotatable bonds is 8. The molecule has 8 nitrogen and oxygen atoms in total. The lowest BCUT2D eigenvalue weighted by Gasteiger charge is -2.26. The van der Waals surface area contributed by atoms with Crippen LogP contribution in [0.25, 0.3) is 5.76 Å². The number of methoxy groups -OCH3 is 1.